The predicted molar refractivity (Wildman–Crippen MR) is 94.4 cm³/mol. The topological polar surface area (TPSA) is 17.8 Å². The maximum Gasteiger partial charge on any atom is 0.147 e. The van der Waals surface area contributed by atoms with Gasteiger partial charge in [0.25, 0.3) is 0 Å². The maximum absolute atomic E-state index is 14.3. The maximum atomic E-state index is 14.3. The van der Waals surface area contributed by atoms with E-state index in [9.17, 15) is 4.39 Å². The zero-order valence-electron chi connectivity index (χ0n) is 12.9. The first-order chi connectivity index (χ1) is 11.8. The van der Waals surface area contributed by atoms with E-state index in [1.54, 1.807) is 12.1 Å². The number of aromatic nitrogens is 2. The number of nitrogens with zero attached hydrogens (tertiary/aromatic N) is 2. The average molecular weight is 314 g/mol. The molecule has 2 nitrogen and oxygen atoms in total. The molecule has 4 aromatic rings. The Hall–Kier alpha value is -3.20. The molecule has 0 atom stereocenters. The lowest BCUT2D eigenvalue weighted by molar-refractivity contribution is 0.618. The largest absolute Gasteiger partial charge is 0.296 e. The standard InChI is InChI=1S/C21H15FN2/c22-18-13-7-8-14-20(18)24-15-19(16-9-3-1-4-10-16)23-21(24)17-11-5-2-6-12-17/h1-15H. The molecule has 0 saturated heterocycles. The van der Waals surface area contributed by atoms with Crippen molar-refractivity contribution >= 4 is 0 Å². The van der Waals surface area contributed by atoms with Gasteiger partial charge in [-0.15, -0.1) is 0 Å². The van der Waals surface area contributed by atoms with Crippen molar-refractivity contribution in [2.75, 3.05) is 0 Å². The molecule has 3 aromatic carbocycles. The fraction of sp³-hybridized carbons (Fsp3) is 0. The van der Waals surface area contributed by atoms with Gasteiger partial charge in [0.1, 0.15) is 11.6 Å². The molecular weight excluding hydrogens is 299 g/mol. The average Bonchev–Trinajstić information content (AvgIpc) is 3.09. The van der Waals surface area contributed by atoms with Gasteiger partial charge in [-0.1, -0.05) is 72.8 Å². The lowest BCUT2D eigenvalue weighted by atomic mass is 10.2. The molecule has 1 heterocycles. The molecule has 24 heavy (non-hydrogen) atoms. The van der Waals surface area contributed by atoms with Gasteiger partial charge in [-0.25, -0.2) is 9.37 Å². The fourth-order valence-corrected chi connectivity index (χ4v) is 2.75. The summed E-state index contributed by atoms with van der Waals surface area (Å²) in [5.41, 5.74) is 3.26. The number of hydrogen-bond donors (Lipinski definition) is 0. The van der Waals surface area contributed by atoms with E-state index in [1.165, 1.54) is 6.07 Å². The second-order valence-corrected chi connectivity index (χ2v) is 5.50. The van der Waals surface area contributed by atoms with Crippen LogP contribution in [-0.4, -0.2) is 9.55 Å². The Balaban J connectivity index is 1.94. The Bertz CT molecular complexity index is 960. The van der Waals surface area contributed by atoms with E-state index in [1.807, 2.05) is 77.5 Å². The van der Waals surface area contributed by atoms with Crippen molar-refractivity contribution in [3.05, 3.63) is 96.9 Å². The minimum atomic E-state index is -0.272. The van der Waals surface area contributed by atoms with E-state index in [4.69, 9.17) is 4.98 Å². The van der Waals surface area contributed by atoms with Crippen LogP contribution in [0.3, 0.4) is 0 Å². The van der Waals surface area contributed by atoms with Crippen LogP contribution in [0.1, 0.15) is 0 Å². The lowest BCUT2D eigenvalue weighted by Crippen LogP contribution is -1.98. The number of rotatable bonds is 3. The Kier molecular flexibility index (Phi) is 3.67. The molecule has 0 spiro atoms. The fourth-order valence-electron chi connectivity index (χ4n) is 2.75. The van der Waals surface area contributed by atoms with E-state index in [2.05, 4.69) is 0 Å². The summed E-state index contributed by atoms with van der Waals surface area (Å²) in [6.07, 6.45) is 1.88. The molecular formula is C21H15FN2. The van der Waals surface area contributed by atoms with E-state index < -0.39 is 0 Å². The van der Waals surface area contributed by atoms with Crippen LogP contribution in [0.4, 0.5) is 4.39 Å². The third kappa shape index (κ3) is 2.61. The van der Waals surface area contributed by atoms with Crippen molar-refractivity contribution in [2.24, 2.45) is 0 Å². The smallest absolute Gasteiger partial charge is 0.147 e. The predicted octanol–water partition coefficient (Wildman–Crippen LogP) is 5.35. The summed E-state index contributed by atoms with van der Waals surface area (Å²) in [5, 5.41) is 0. The van der Waals surface area contributed by atoms with E-state index in [-0.39, 0.29) is 5.82 Å². The molecule has 0 N–H and O–H groups in total. The van der Waals surface area contributed by atoms with Gasteiger partial charge in [0, 0.05) is 17.3 Å². The molecule has 116 valence electrons. The highest BCUT2D eigenvalue weighted by atomic mass is 19.1. The van der Waals surface area contributed by atoms with Crippen LogP contribution in [-0.2, 0) is 0 Å². The third-order valence-electron chi connectivity index (χ3n) is 3.92. The van der Waals surface area contributed by atoms with Crippen LogP contribution in [0, 0.1) is 5.82 Å². The first-order valence-electron chi connectivity index (χ1n) is 7.78. The first-order valence-corrected chi connectivity index (χ1v) is 7.78. The van der Waals surface area contributed by atoms with Crippen LogP contribution in [0.5, 0.6) is 0 Å². The second-order valence-electron chi connectivity index (χ2n) is 5.50. The number of hydrogen-bond acceptors (Lipinski definition) is 1. The van der Waals surface area contributed by atoms with E-state index in [0.29, 0.717) is 5.69 Å². The Morgan fingerprint density at radius 1 is 0.667 bits per heavy atom. The second kappa shape index (κ2) is 6.13. The summed E-state index contributed by atoms with van der Waals surface area (Å²) < 4.78 is 16.1. The van der Waals surface area contributed by atoms with Gasteiger partial charge in [-0.05, 0) is 12.1 Å². The highest BCUT2D eigenvalue weighted by Crippen LogP contribution is 2.28. The first kappa shape index (κ1) is 14.4. The molecule has 0 amide bonds. The number of halogens is 1. The summed E-state index contributed by atoms with van der Waals surface area (Å²) in [4.78, 5) is 4.76. The van der Waals surface area contributed by atoms with Crippen LogP contribution >= 0.6 is 0 Å². The van der Waals surface area contributed by atoms with Gasteiger partial charge in [0.2, 0.25) is 0 Å². The van der Waals surface area contributed by atoms with Crippen LogP contribution < -0.4 is 0 Å². The van der Waals surface area contributed by atoms with Gasteiger partial charge in [-0.3, -0.25) is 4.57 Å². The Morgan fingerprint density at radius 2 is 1.25 bits per heavy atom. The molecule has 0 aliphatic carbocycles. The molecule has 0 radical (unpaired) electrons. The third-order valence-corrected chi connectivity index (χ3v) is 3.92. The lowest BCUT2D eigenvalue weighted by Gasteiger charge is -2.08. The number of para-hydroxylation sites is 1. The van der Waals surface area contributed by atoms with Gasteiger partial charge >= 0.3 is 0 Å². The van der Waals surface area contributed by atoms with Gasteiger partial charge in [0.05, 0.1) is 11.4 Å². The van der Waals surface area contributed by atoms with Gasteiger partial charge in [0.15, 0.2) is 0 Å². The van der Waals surface area contributed by atoms with E-state index >= 15 is 0 Å². The highest BCUT2D eigenvalue weighted by molar-refractivity contribution is 5.67. The van der Waals surface area contributed by atoms with Gasteiger partial charge in [-0.2, -0.15) is 0 Å². The van der Waals surface area contributed by atoms with Crippen molar-refractivity contribution in [3.8, 4) is 28.3 Å². The summed E-state index contributed by atoms with van der Waals surface area (Å²) in [5.74, 6) is 0.450. The highest BCUT2D eigenvalue weighted by Gasteiger charge is 2.14. The van der Waals surface area contributed by atoms with Crippen molar-refractivity contribution in [3.63, 3.8) is 0 Å². The number of benzene rings is 3. The Labute approximate surface area is 139 Å². The molecule has 0 aliphatic heterocycles. The minimum Gasteiger partial charge on any atom is -0.296 e. The van der Waals surface area contributed by atoms with Crippen molar-refractivity contribution < 1.29 is 4.39 Å². The molecule has 0 fully saturated rings. The summed E-state index contributed by atoms with van der Waals surface area (Å²) >= 11 is 0. The molecule has 4 rings (SSSR count). The van der Waals surface area contributed by atoms with Crippen LogP contribution in [0.25, 0.3) is 28.3 Å². The molecule has 3 heteroatoms. The zero-order chi connectivity index (χ0) is 16.4. The zero-order valence-corrected chi connectivity index (χ0v) is 12.9. The van der Waals surface area contributed by atoms with Gasteiger partial charge < -0.3 is 0 Å². The van der Waals surface area contributed by atoms with Crippen LogP contribution in [0.2, 0.25) is 0 Å². The summed E-state index contributed by atoms with van der Waals surface area (Å²) in [7, 11) is 0. The SMILES string of the molecule is Fc1ccccc1-n1cc(-c2ccccc2)nc1-c1ccccc1. The molecule has 1 aromatic heterocycles. The number of imidazole rings is 1. The molecule has 0 saturated carbocycles. The van der Waals surface area contributed by atoms with E-state index in [0.717, 1.165) is 22.6 Å². The van der Waals surface area contributed by atoms with Crippen molar-refractivity contribution in [2.45, 2.75) is 0 Å². The van der Waals surface area contributed by atoms with Crippen molar-refractivity contribution in [1.82, 2.24) is 9.55 Å². The van der Waals surface area contributed by atoms with Crippen molar-refractivity contribution in [1.29, 1.82) is 0 Å². The van der Waals surface area contributed by atoms with Crippen LogP contribution in [0.15, 0.2) is 91.1 Å². The molecule has 0 aliphatic rings. The molecule has 0 unspecified atom stereocenters. The quantitative estimate of drug-likeness (QED) is 0.499. The minimum absolute atomic E-state index is 0.272. The summed E-state index contributed by atoms with van der Waals surface area (Å²) in [6, 6.07) is 26.5. The summed E-state index contributed by atoms with van der Waals surface area (Å²) in [6.45, 7) is 0. The monoisotopic (exact) mass is 314 g/mol. The Morgan fingerprint density at radius 3 is 1.92 bits per heavy atom. The molecule has 0 bridgehead atoms. The normalized spacial score (nSPS) is 10.7.